The molecular formula is C13H16ClF3N2. The Morgan fingerprint density at radius 3 is 2.63 bits per heavy atom. The molecule has 2 rings (SSSR count). The van der Waals surface area contributed by atoms with Gasteiger partial charge in [0.15, 0.2) is 0 Å². The zero-order valence-electron chi connectivity index (χ0n) is 10.3. The predicted octanol–water partition coefficient (Wildman–Crippen LogP) is 3.90. The van der Waals surface area contributed by atoms with Crippen LogP contribution in [0.25, 0.3) is 0 Å². The largest absolute Gasteiger partial charge is 0.416 e. The van der Waals surface area contributed by atoms with Gasteiger partial charge in [0.05, 0.1) is 16.3 Å². The van der Waals surface area contributed by atoms with Crippen molar-refractivity contribution in [3.63, 3.8) is 0 Å². The van der Waals surface area contributed by atoms with Gasteiger partial charge >= 0.3 is 6.18 Å². The molecule has 106 valence electrons. The average Bonchev–Trinajstić information content (AvgIpc) is 2.77. The van der Waals surface area contributed by atoms with E-state index in [4.69, 9.17) is 17.3 Å². The third-order valence-electron chi connectivity index (χ3n) is 3.60. The molecule has 1 aromatic carbocycles. The second-order valence-electron chi connectivity index (χ2n) is 4.87. The zero-order valence-corrected chi connectivity index (χ0v) is 11.1. The van der Waals surface area contributed by atoms with E-state index in [1.165, 1.54) is 6.07 Å². The van der Waals surface area contributed by atoms with Crippen molar-refractivity contribution in [2.45, 2.75) is 31.5 Å². The summed E-state index contributed by atoms with van der Waals surface area (Å²) in [4.78, 5) is 0. The van der Waals surface area contributed by atoms with E-state index in [2.05, 4.69) is 5.32 Å². The lowest BCUT2D eigenvalue weighted by Crippen LogP contribution is -2.29. The Morgan fingerprint density at radius 1 is 1.32 bits per heavy atom. The van der Waals surface area contributed by atoms with Gasteiger partial charge in [-0.05, 0) is 43.5 Å². The monoisotopic (exact) mass is 292 g/mol. The second-order valence-corrected chi connectivity index (χ2v) is 5.28. The molecule has 2 nitrogen and oxygen atoms in total. The molecule has 1 aliphatic carbocycles. The van der Waals surface area contributed by atoms with Gasteiger partial charge in [0.2, 0.25) is 0 Å². The number of benzene rings is 1. The van der Waals surface area contributed by atoms with Crippen LogP contribution in [0.15, 0.2) is 18.2 Å². The highest BCUT2D eigenvalue weighted by Crippen LogP contribution is 2.35. The highest BCUT2D eigenvalue weighted by atomic mass is 35.5. The molecule has 2 unspecified atom stereocenters. The molecule has 2 atom stereocenters. The van der Waals surface area contributed by atoms with Crippen LogP contribution in [0.3, 0.4) is 0 Å². The van der Waals surface area contributed by atoms with Gasteiger partial charge in [-0.15, -0.1) is 0 Å². The SMILES string of the molecule is NCC1CCCC1Nc1ccc(C(F)(F)F)cc1Cl. The van der Waals surface area contributed by atoms with Crippen molar-refractivity contribution < 1.29 is 13.2 Å². The van der Waals surface area contributed by atoms with E-state index < -0.39 is 11.7 Å². The first-order valence-corrected chi connectivity index (χ1v) is 6.63. The summed E-state index contributed by atoms with van der Waals surface area (Å²) in [6.07, 6.45) is -1.27. The molecule has 0 heterocycles. The van der Waals surface area contributed by atoms with Crippen molar-refractivity contribution in [1.29, 1.82) is 0 Å². The molecule has 1 aliphatic rings. The number of halogens is 4. The topological polar surface area (TPSA) is 38.0 Å². The van der Waals surface area contributed by atoms with Crippen molar-refractivity contribution in [3.05, 3.63) is 28.8 Å². The molecule has 0 saturated heterocycles. The lowest BCUT2D eigenvalue weighted by molar-refractivity contribution is -0.137. The van der Waals surface area contributed by atoms with E-state index in [-0.39, 0.29) is 11.1 Å². The number of alkyl halides is 3. The molecule has 3 N–H and O–H groups in total. The third kappa shape index (κ3) is 3.34. The van der Waals surface area contributed by atoms with E-state index in [1.54, 1.807) is 0 Å². The Labute approximate surface area is 115 Å². The van der Waals surface area contributed by atoms with E-state index in [1.807, 2.05) is 0 Å². The Bertz CT molecular complexity index is 448. The molecule has 1 aromatic rings. The Balaban J connectivity index is 2.13. The lowest BCUT2D eigenvalue weighted by atomic mass is 10.0. The van der Waals surface area contributed by atoms with Crippen LogP contribution in [0.1, 0.15) is 24.8 Å². The normalized spacial score (nSPS) is 23.6. The number of nitrogens with one attached hydrogen (secondary N) is 1. The fourth-order valence-electron chi connectivity index (χ4n) is 2.52. The fraction of sp³-hybridized carbons (Fsp3) is 0.538. The van der Waals surface area contributed by atoms with Crippen LogP contribution < -0.4 is 11.1 Å². The Kier molecular flexibility index (Phi) is 4.26. The van der Waals surface area contributed by atoms with Gasteiger partial charge in [-0.25, -0.2) is 0 Å². The van der Waals surface area contributed by atoms with Crippen molar-refractivity contribution in [1.82, 2.24) is 0 Å². The first-order valence-electron chi connectivity index (χ1n) is 6.25. The number of anilines is 1. The maximum Gasteiger partial charge on any atom is 0.416 e. The third-order valence-corrected chi connectivity index (χ3v) is 3.91. The van der Waals surface area contributed by atoms with Crippen LogP contribution in [0, 0.1) is 5.92 Å². The predicted molar refractivity (Wildman–Crippen MR) is 70.3 cm³/mol. The Hall–Kier alpha value is -0.940. The fourth-order valence-corrected chi connectivity index (χ4v) is 2.75. The minimum Gasteiger partial charge on any atom is -0.381 e. The van der Waals surface area contributed by atoms with Crippen molar-refractivity contribution in [2.75, 3.05) is 11.9 Å². The standard InChI is InChI=1S/C13H16ClF3N2/c14-10-6-9(13(15,16)17)4-5-12(10)19-11-3-1-2-8(11)7-18/h4-6,8,11,19H,1-3,7,18H2. The second kappa shape index (κ2) is 5.59. The summed E-state index contributed by atoms with van der Waals surface area (Å²) >= 11 is 5.91. The molecule has 0 radical (unpaired) electrons. The van der Waals surface area contributed by atoms with Crippen LogP contribution in [0.2, 0.25) is 5.02 Å². The van der Waals surface area contributed by atoms with Crippen LogP contribution in [-0.2, 0) is 6.18 Å². The van der Waals surface area contributed by atoms with Gasteiger partial charge < -0.3 is 11.1 Å². The van der Waals surface area contributed by atoms with Gasteiger partial charge in [0.1, 0.15) is 0 Å². The number of hydrogen-bond donors (Lipinski definition) is 2. The van der Waals surface area contributed by atoms with Crippen LogP contribution in [0.5, 0.6) is 0 Å². The molecule has 0 spiro atoms. The molecular weight excluding hydrogens is 277 g/mol. The molecule has 1 fully saturated rings. The quantitative estimate of drug-likeness (QED) is 0.887. The van der Waals surface area contributed by atoms with Crippen LogP contribution >= 0.6 is 11.6 Å². The summed E-state index contributed by atoms with van der Waals surface area (Å²) in [5, 5.41) is 3.30. The number of nitrogens with two attached hydrogens (primary N) is 1. The molecule has 1 saturated carbocycles. The van der Waals surface area contributed by atoms with Gasteiger partial charge in [-0.1, -0.05) is 18.0 Å². The van der Waals surface area contributed by atoms with Crippen molar-refractivity contribution in [3.8, 4) is 0 Å². The molecule has 19 heavy (non-hydrogen) atoms. The van der Waals surface area contributed by atoms with Gasteiger partial charge in [0, 0.05) is 6.04 Å². The summed E-state index contributed by atoms with van der Waals surface area (Å²) in [5.41, 5.74) is 5.49. The smallest absolute Gasteiger partial charge is 0.381 e. The highest BCUT2D eigenvalue weighted by Gasteiger charge is 2.31. The van der Waals surface area contributed by atoms with Gasteiger partial charge in [-0.2, -0.15) is 13.2 Å². The minimum atomic E-state index is -4.37. The maximum atomic E-state index is 12.5. The number of hydrogen-bond acceptors (Lipinski definition) is 2. The Morgan fingerprint density at radius 2 is 2.05 bits per heavy atom. The molecule has 0 aromatic heterocycles. The van der Waals surface area contributed by atoms with E-state index in [9.17, 15) is 13.2 Å². The summed E-state index contributed by atoms with van der Waals surface area (Å²) in [6, 6.07) is 3.58. The zero-order chi connectivity index (χ0) is 14.0. The number of rotatable bonds is 3. The van der Waals surface area contributed by atoms with Crippen molar-refractivity contribution in [2.24, 2.45) is 11.7 Å². The van der Waals surface area contributed by atoms with E-state index in [0.717, 1.165) is 31.4 Å². The average molecular weight is 293 g/mol. The summed E-state index contributed by atoms with van der Waals surface area (Å²) in [7, 11) is 0. The molecule has 6 heteroatoms. The van der Waals surface area contributed by atoms with Crippen molar-refractivity contribution >= 4 is 17.3 Å². The molecule has 0 aliphatic heterocycles. The summed E-state index contributed by atoms with van der Waals surface area (Å²) in [5.74, 6) is 0.360. The minimum absolute atomic E-state index is 0.0949. The van der Waals surface area contributed by atoms with Gasteiger partial charge in [0.25, 0.3) is 0 Å². The van der Waals surface area contributed by atoms with Crippen LogP contribution in [-0.4, -0.2) is 12.6 Å². The lowest BCUT2D eigenvalue weighted by Gasteiger charge is -2.21. The molecule has 0 bridgehead atoms. The van der Waals surface area contributed by atoms with Gasteiger partial charge in [-0.3, -0.25) is 0 Å². The summed E-state index contributed by atoms with van der Waals surface area (Å²) < 4.78 is 37.6. The van der Waals surface area contributed by atoms with E-state index >= 15 is 0 Å². The highest BCUT2D eigenvalue weighted by molar-refractivity contribution is 6.33. The van der Waals surface area contributed by atoms with Crippen LogP contribution in [0.4, 0.5) is 18.9 Å². The summed E-state index contributed by atoms with van der Waals surface area (Å²) in [6.45, 7) is 0.579. The maximum absolute atomic E-state index is 12.5. The first-order chi connectivity index (χ1) is 8.91. The van der Waals surface area contributed by atoms with E-state index in [0.29, 0.717) is 18.2 Å². The molecule has 0 amide bonds. The first kappa shape index (κ1) is 14.5.